The Labute approximate surface area is 298 Å². The van der Waals surface area contributed by atoms with Gasteiger partial charge in [0.05, 0.1) is 6.10 Å². The van der Waals surface area contributed by atoms with Crippen LogP contribution in [0.3, 0.4) is 0 Å². The summed E-state index contributed by atoms with van der Waals surface area (Å²) in [6.07, 6.45) is 34.2. The first-order valence-corrected chi connectivity index (χ1v) is 21.7. The normalized spacial score (nSPS) is 32.7. The van der Waals surface area contributed by atoms with Crippen molar-refractivity contribution < 1.29 is 14.6 Å². The molecule has 0 saturated heterocycles. The van der Waals surface area contributed by atoms with E-state index in [9.17, 15) is 9.90 Å². The van der Waals surface area contributed by atoms with E-state index in [4.69, 9.17) is 4.74 Å². The van der Waals surface area contributed by atoms with Crippen molar-refractivity contribution in [1.29, 1.82) is 0 Å². The predicted molar refractivity (Wildman–Crippen MR) is 204 cm³/mol. The molecule has 0 radical (unpaired) electrons. The monoisotopic (exact) mass is 669 g/mol. The Kier molecular flexibility index (Phi) is 16.4. The van der Waals surface area contributed by atoms with Gasteiger partial charge in [0, 0.05) is 11.8 Å². The van der Waals surface area contributed by atoms with Crippen LogP contribution in [0.5, 0.6) is 0 Å². The van der Waals surface area contributed by atoms with Crippen molar-refractivity contribution in [1.82, 2.24) is 0 Å². The molecule has 9 atom stereocenters. The Hall–Kier alpha value is -0.830. The average Bonchev–Trinajstić information content (AvgIpc) is 3.41. The summed E-state index contributed by atoms with van der Waals surface area (Å²) in [6.45, 7) is 14.8. The van der Waals surface area contributed by atoms with E-state index in [1.807, 2.05) is 0 Å². The lowest BCUT2D eigenvalue weighted by Crippen LogP contribution is -2.54. The van der Waals surface area contributed by atoms with Crippen LogP contribution < -0.4 is 0 Å². The van der Waals surface area contributed by atoms with Crippen LogP contribution in [0.25, 0.3) is 0 Å². The van der Waals surface area contributed by atoms with Crippen LogP contribution >= 0.6 is 0 Å². The number of hydrogen-bond donors (Lipinski definition) is 1. The zero-order valence-corrected chi connectivity index (χ0v) is 32.8. The highest BCUT2D eigenvalue weighted by Gasteiger charge is 2.61. The standard InChI is InChI=1S/C45H80O3/c1-7-8-9-16-24-37(46)25-17-14-12-10-11-13-15-18-27-43(47)48-42-26-20-23-36-28-29-38-40-31-30-39(35(4)22-19-21-34(2)3)44(40,5)33-32-41(38)45(36,42)6/h26,34-41,46H,7-25,27-33H2,1-6H3/t35-,36?,37?,38+,39-,40+,41+,44-,45+/m1/s1. The summed E-state index contributed by atoms with van der Waals surface area (Å²) in [5.74, 6) is 6.68. The molecule has 0 aromatic rings. The summed E-state index contributed by atoms with van der Waals surface area (Å²) in [5.41, 5.74) is 0.553. The maximum atomic E-state index is 13.2. The zero-order chi connectivity index (χ0) is 34.6. The summed E-state index contributed by atoms with van der Waals surface area (Å²) in [6, 6.07) is 0. The second-order valence-corrected chi connectivity index (χ2v) is 18.5. The minimum Gasteiger partial charge on any atom is -0.431 e. The first-order chi connectivity index (χ1) is 23.1. The summed E-state index contributed by atoms with van der Waals surface area (Å²) < 4.78 is 6.40. The van der Waals surface area contributed by atoms with Crippen LogP contribution in [0.2, 0.25) is 0 Å². The highest BCUT2D eigenvalue weighted by Crippen LogP contribution is 2.68. The van der Waals surface area contributed by atoms with E-state index in [2.05, 4.69) is 47.6 Å². The molecule has 0 aliphatic heterocycles. The van der Waals surface area contributed by atoms with E-state index in [-0.39, 0.29) is 17.5 Å². The Morgan fingerprint density at radius 2 is 1.44 bits per heavy atom. The van der Waals surface area contributed by atoms with Gasteiger partial charge in [-0.05, 0) is 124 Å². The van der Waals surface area contributed by atoms with Gasteiger partial charge in [-0.15, -0.1) is 0 Å². The fraction of sp³-hybridized carbons (Fsp3) is 0.933. The number of allylic oxidation sites excluding steroid dienone is 2. The minimum absolute atomic E-state index is 0.0234. The van der Waals surface area contributed by atoms with Crippen molar-refractivity contribution >= 4 is 5.97 Å². The number of aliphatic hydroxyl groups excluding tert-OH is 1. The minimum atomic E-state index is -0.0874. The quantitative estimate of drug-likeness (QED) is 0.0922. The Balaban J connectivity index is 1.17. The van der Waals surface area contributed by atoms with Crippen molar-refractivity contribution in [3.63, 3.8) is 0 Å². The smallest absolute Gasteiger partial charge is 0.310 e. The first kappa shape index (κ1) is 39.9. The maximum Gasteiger partial charge on any atom is 0.310 e. The van der Waals surface area contributed by atoms with Crippen LogP contribution in [-0.2, 0) is 9.53 Å². The number of rotatable bonds is 22. The number of ether oxygens (including phenoxy) is 1. The molecule has 3 nitrogen and oxygen atoms in total. The summed E-state index contributed by atoms with van der Waals surface area (Å²) in [7, 11) is 0. The van der Waals surface area contributed by atoms with Gasteiger partial charge in [0.15, 0.2) is 0 Å². The van der Waals surface area contributed by atoms with Gasteiger partial charge in [-0.1, -0.05) is 131 Å². The largest absolute Gasteiger partial charge is 0.431 e. The molecule has 3 saturated carbocycles. The van der Waals surface area contributed by atoms with Crippen LogP contribution in [-0.4, -0.2) is 17.2 Å². The van der Waals surface area contributed by atoms with Gasteiger partial charge >= 0.3 is 5.97 Å². The lowest BCUT2D eigenvalue weighted by Gasteiger charge is -2.60. The van der Waals surface area contributed by atoms with E-state index in [0.717, 1.165) is 73.9 Å². The average molecular weight is 669 g/mol. The molecular weight excluding hydrogens is 588 g/mol. The van der Waals surface area contributed by atoms with Crippen LogP contribution in [0.15, 0.2) is 11.8 Å². The molecule has 48 heavy (non-hydrogen) atoms. The number of esters is 1. The molecule has 0 heterocycles. The number of aliphatic hydroxyl groups is 1. The van der Waals surface area contributed by atoms with E-state index >= 15 is 0 Å². The number of carbonyl (C=O) groups is 1. The highest BCUT2D eigenvalue weighted by atomic mass is 16.5. The summed E-state index contributed by atoms with van der Waals surface area (Å²) in [5, 5.41) is 10.2. The molecule has 1 N–H and O–H groups in total. The van der Waals surface area contributed by atoms with Crippen molar-refractivity contribution in [3.05, 3.63) is 11.8 Å². The molecule has 278 valence electrons. The fourth-order valence-corrected chi connectivity index (χ4v) is 11.9. The molecule has 0 amide bonds. The molecule has 2 unspecified atom stereocenters. The van der Waals surface area contributed by atoms with Crippen molar-refractivity contribution in [2.45, 2.75) is 215 Å². The summed E-state index contributed by atoms with van der Waals surface area (Å²) >= 11 is 0. The number of fused-ring (bicyclic) bond motifs is 5. The van der Waals surface area contributed by atoms with Gasteiger partial charge in [-0.2, -0.15) is 0 Å². The van der Waals surface area contributed by atoms with E-state index in [1.165, 1.54) is 122 Å². The van der Waals surface area contributed by atoms with E-state index in [1.54, 1.807) is 0 Å². The molecule has 3 heteroatoms. The van der Waals surface area contributed by atoms with E-state index < -0.39 is 0 Å². The molecule has 0 aromatic carbocycles. The Morgan fingerprint density at radius 1 is 0.771 bits per heavy atom. The Morgan fingerprint density at radius 3 is 2.12 bits per heavy atom. The molecule has 0 bridgehead atoms. The van der Waals surface area contributed by atoms with Gasteiger partial charge in [-0.25, -0.2) is 0 Å². The van der Waals surface area contributed by atoms with Crippen molar-refractivity contribution in [2.75, 3.05) is 0 Å². The van der Waals surface area contributed by atoms with Crippen molar-refractivity contribution in [3.8, 4) is 0 Å². The number of carbonyl (C=O) groups excluding carboxylic acids is 1. The molecule has 4 aliphatic rings. The van der Waals surface area contributed by atoms with Crippen LogP contribution in [0.4, 0.5) is 0 Å². The van der Waals surface area contributed by atoms with Gasteiger partial charge in [-0.3, -0.25) is 4.79 Å². The second-order valence-electron chi connectivity index (χ2n) is 18.5. The zero-order valence-electron chi connectivity index (χ0n) is 32.8. The molecular formula is C45H80O3. The third kappa shape index (κ3) is 10.4. The molecule has 4 aliphatic carbocycles. The van der Waals surface area contributed by atoms with Crippen LogP contribution in [0, 0.1) is 52.3 Å². The van der Waals surface area contributed by atoms with Crippen LogP contribution in [0.1, 0.15) is 208 Å². The number of hydrogen-bond acceptors (Lipinski definition) is 3. The lowest BCUT2D eigenvalue weighted by atomic mass is 9.45. The Bertz CT molecular complexity index is 969. The summed E-state index contributed by atoms with van der Waals surface area (Å²) in [4.78, 5) is 13.2. The van der Waals surface area contributed by atoms with Gasteiger partial charge in [0.1, 0.15) is 5.76 Å². The SMILES string of the molecule is CCCCCCC(O)CCCCCCCCCCC(=O)OC1=CCCC2CC[C@H]3[C@@H]4CC[C@H]([C@H](C)CCCC(C)C)[C@@]4(C)CC[C@@H]3[C@@]12C. The first-order valence-electron chi connectivity index (χ1n) is 21.7. The highest BCUT2D eigenvalue weighted by molar-refractivity contribution is 5.70. The van der Waals surface area contributed by atoms with Gasteiger partial charge in [0.25, 0.3) is 0 Å². The van der Waals surface area contributed by atoms with Gasteiger partial charge in [0.2, 0.25) is 0 Å². The molecule has 0 aromatic heterocycles. The topological polar surface area (TPSA) is 46.5 Å². The molecule has 0 spiro atoms. The third-order valence-electron chi connectivity index (χ3n) is 14.8. The second kappa shape index (κ2) is 19.7. The third-order valence-corrected chi connectivity index (χ3v) is 14.8. The van der Waals surface area contributed by atoms with Gasteiger partial charge < -0.3 is 9.84 Å². The lowest BCUT2D eigenvalue weighted by molar-refractivity contribution is -0.149. The van der Waals surface area contributed by atoms with Crippen molar-refractivity contribution in [2.24, 2.45) is 52.3 Å². The maximum absolute atomic E-state index is 13.2. The number of unbranched alkanes of at least 4 members (excludes halogenated alkanes) is 10. The van der Waals surface area contributed by atoms with E-state index in [0.29, 0.717) is 23.7 Å². The molecule has 4 rings (SSSR count). The fourth-order valence-electron chi connectivity index (χ4n) is 11.9. The molecule has 3 fully saturated rings. The predicted octanol–water partition coefficient (Wildman–Crippen LogP) is 13.4.